The van der Waals surface area contributed by atoms with Crippen molar-refractivity contribution in [2.45, 2.75) is 0 Å². The lowest BCUT2D eigenvalue weighted by atomic mass is 10.1. The van der Waals surface area contributed by atoms with Gasteiger partial charge in [-0.2, -0.15) is 0 Å². The maximum absolute atomic E-state index is 2.39. The summed E-state index contributed by atoms with van der Waals surface area (Å²) in [5.41, 5.74) is 10.5. The van der Waals surface area contributed by atoms with E-state index in [2.05, 4.69) is 190 Å². The Morgan fingerprint density at radius 1 is 0.311 bits per heavy atom. The van der Waals surface area contributed by atoms with Gasteiger partial charge in [0, 0.05) is 44.3 Å². The van der Waals surface area contributed by atoms with Gasteiger partial charge in [0.25, 0.3) is 0 Å². The minimum absolute atomic E-state index is 1.11. The van der Waals surface area contributed by atoms with E-state index in [-0.39, 0.29) is 0 Å². The molecule has 0 saturated carbocycles. The van der Waals surface area contributed by atoms with Crippen molar-refractivity contribution in [2.24, 2.45) is 0 Å². The molecule has 9 rings (SSSR count). The minimum atomic E-state index is 1.11. The summed E-state index contributed by atoms with van der Waals surface area (Å²) < 4.78 is 4.75. The molecule has 0 saturated heterocycles. The first kappa shape index (κ1) is 25.4. The number of anilines is 3. The highest BCUT2D eigenvalue weighted by Gasteiger charge is 2.21. The van der Waals surface area contributed by atoms with Crippen LogP contribution in [-0.4, -0.2) is 9.13 Å². The summed E-state index contributed by atoms with van der Waals surface area (Å²) in [6, 6.07) is 63.1. The zero-order valence-corrected chi connectivity index (χ0v) is 24.6. The van der Waals surface area contributed by atoms with Crippen molar-refractivity contribution >= 4 is 60.7 Å². The van der Waals surface area contributed by atoms with Crippen molar-refractivity contribution in [2.75, 3.05) is 4.90 Å². The molecule has 0 aliphatic rings. The van der Waals surface area contributed by atoms with Gasteiger partial charge in [0.1, 0.15) is 0 Å². The third-order valence-electron chi connectivity index (χ3n) is 8.89. The molecule has 0 N–H and O–H groups in total. The summed E-state index contributed by atoms with van der Waals surface area (Å²) in [6.45, 7) is 0. The molecule has 45 heavy (non-hydrogen) atoms. The van der Waals surface area contributed by atoms with Crippen molar-refractivity contribution in [1.29, 1.82) is 0 Å². The summed E-state index contributed by atoms with van der Waals surface area (Å²) in [5.74, 6) is 0. The van der Waals surface area contributed by atoms with Gasteiger partial charge in [0.15, 0.2) is 0 Å². The SMILES string of the molecule is c1ccc(N(c2ccc(-n3c4ccccc4c4ccccc43)cc2)c2cccc3c2c2ccccc2n3-c2ccccc2)cc1. The van der Waals surface area contributed by atoms with Crippen molar-refractivity contribution in [1.82, 2.24) is 9.13 Å². The molecular formula is C42H29N3. The first-order chi connectivity index (χ1) is 22.4. The van der Waals surface area contributed by atoms with Crippen LogP contribution in [0.4, 0.5) is 17.1 Å². The summed E-state index contributed by atoms with van der Waals surface area (Å²) >= 11 is 0. The van der Waals surface area contributed by atoms with Crippen molar-refractivity contribution in [3.8, 4) is 11.4 Å². The number of hydrogen-bond donors (Lipinski definition) is 0. The minimum Gasteiger partial charge on any atom is -0.310 e. The highest BCUT2D eigenvalue weighted by molar-refractivity contribution is 6.16. The molecule has 3 heteroatoms. The number of fused-ring (bicyclic) bond motifs is 6. The molecule has 0 spiro atoms. The topological polar surface area (TPSA) is 13.1 Å². The van der Waals surface area contributed by atoms with Gasteiger partial charge in [0.05, 0.1) is 27.8 Å². The third-order valence-corrected chi connectivity index (χ3v) is 8.89. The fraction of sp³-hybridized carbons (Fsp3) is 0. The molecule has 212 valence electrons. The van der Waals surface area contributed by atoms with Crippen LogP contribution in [0.25, 0.3) is 55.0 Å². The van der Waals surface area contributed by atoms with E-state index < -0.39 is 0 Å². The Bertz CT molecular complexity index is 2420. The second kappa shape index (κ2) is 10.3. The Labute approximate surface area is 261 Å². The van der Waals surface area contributed by atoms with E-state index in [4.69, 9.17) is 0 Å². The molecule has 9 aromatic rings. The first-order valence-electron chi connectivity index (χ1n) is 15.4. The molecule has 0 fully saturated rings. The summed E-state index contributed by atoms with van der Waals surface area (Å²) in [7, 11) is 0. The molecule has 0 atom stereocenters. The highest BCUT2D eigenvalue weighted by atomic mass is 15.1. The standard InChI is InChI=1S/C42H29N3/c1-3-14-30(15-4-1)43(32-26-28-33(29-27-32)44-37-21-10-7-18-34(37)35-19-8-11-22-38(35)44)40-24-13-25-41-42(40)36-20-9-12-23-39(36)45(41)31-16-5-2-6-17-31/h1-29H. The number of para-hydroxylation sites is 5. The Hall–Kier alpha value is -6.06. The second-order valence-corrected chi connectivity index (χ2v) is 11.4. The number of benzene rings is 7. The molecule has 3 nitrogen and oxygen atoms in total. The fourth-order valence-electron chi connectivity index (χ4n) is 7.00. The van der Waals surface area contributed by atoms with Crippen LogP contribution in [-0.2, 0) is 0 Å². The average Bonchev–Trinajstić information content (AvgIpc) is 3.63. The number of hydrogen-bond acceptors (Lipinski definition) is 1. The smallest absolute Gasteiger partial charge is 0.0562 e. The van der Waals surface area contributed by atoms with E-state index in [0.29, 0.717) is 0 Å². The summed E-state index contributed by atoms with van der Waals surface area (Å²) in [5, 5.41) is 5.00. The summed E-state index contributed by atoms with van der Waals surface area (Å²) in [4.78, 5) is 2.39. The van der Waals surface area contributed by atoms with E-state index in [1.165, 1.54) is 43.6 Å². The molecule has 0 unspecified atom stereocenters. The molecule has 0 aliphatic heterocycles. The summed E-state index contributed by atoms with van der Waals surface area (Å²) in [6.07, 6.45) is 0. The molecule has 2 heterocycles. The molecular weight excluding hydrogens is 546 g/mol. The predicted molar refractivity (Wildman–Crippen MR) is 190 cm³/mol. The Morgan fingerprint density at radius 3 is 1.40 bits per heavy atom. The fourth-order valence-corrected chi connectivity index (χ4v) is 7.00. The van der Waals surface area contributed by atoms with Crippen molar-refractivity contribution < 1.29 is 0 Å². The lowest BCUT2D eigenvalue weighted by Gasteiger charge is -2.27. The first-order valence-corrected chi connectivity index (χ1v) is 15.4. The number of rotatable bonds is 5. The Morgan fingerprint density at radius 2 is 0.756 bits per heavy atom. The van der Waals surface area contributed by atoms with Crippen molar-refractivity contribution in [3.05, 3.63) is 176 Å². The molecule has 0 aliphatic carbocycles. The van der Waals surface area contributed by atoms with Gasteiger partial charge in [-0.1, -0.05) is 97.1 Å². The highest BCUT2D eigenvalue weighted by Crippen LogP contribution is 2.44. The van der Waals surface area contributed by atoms with E-state index in [1.807, 2.05) is 0 Å². The predicted octanol–water partition coefficient (Wildman–Crippen LogP) is 11.4. The van der Waals surface area contributed by atoms with Crippen LogP contribution >= 0.6 is 0 Å². The average molecular weight is 576 g/mol. The van der Waals surface area contributed by atoms with E-state index >= 15 is 0 Å². The van der Waals surface area contributed by atoms with Crippen LogP contribution < -0.4 is 4.90 Å². The van der Waals surface area contributed by atoms with Crippen LogP contribution in [0.5, 0.6) is 0 Å². The maximum Gasteiger partial charge on any atom is 0.0562 e. The van der Waals surface area contributed by atoms with Gasteiger partial charge in [-0.3, -0.25) is 0 Å². The van der Waals surface area contributed by atoms with E-state index in [0.717, 1.165) is 28.4 Å². The van der Waals surface area contributed by atoms with Gasteiger partial charge < -0.3 is 14.0 Å². The lowest BCUT2D eigenvalue weighted by Crippen LogP contribution is -2.10. The van der Waals surface area contributed by atoms with Crippen LogP contribution in [0.1, 0.15) is 0 Å². The van der Waals surface area contributed by atoms with Crippen LogP contribution in [0.15, 0.2) is 176 Å². The number of nitrogens with zero attached hydrogens (tertiary/aromatic N) is 3. The lowest BCUT2D eigenvalue weighted by molar-refractivity contribution is 1.17. The van der Waals surface area contributed by atoms with Gasteiger partial charge in [-0.05, 0) is 78.9 Å². The molecule has 0 radical (unpaired) electrons. The third kappa shape index (κ3) is 3.98. The van der Waals surface area contributed by atoms with Gasteiger partial charge in [-0.25, -0.2) is 0 Å². The van der Waals surface area contributed by atoms with Crippen LogP contribution in [0.2, 0.25) is 0 Å². The van der Waals surface area contributed by atoms with Gasteiger partial charge in [-0.15, -0.1) is 0 Å². The second-order valence-electron chi connectivity index (χ2n) is 11.4. The zero-order chi connectivity index (χ0) is 29.7. The molecule has 7 aromatic carbocycles. The maximum atomic E-state index is 2.39. The van der Waals surface area contributed by atoms with Gasteiger partial charge >= 0.3 is 0 Å². The molecule has 0 amide bonds. The Balaban J connectivity index is 1.27. The largest absolute Gasteiger partial charge is 0.310 e. The van der Waals surface area contributed by atoms with Gasteiger partial charge in [0.2, 0.25) is 0 Å². The monoisotopic (exact) mass is 575 g/mol. The van der Waals surface area contributed by atoms with Crippen LogP contribution in [0.3, 0.4) is 0 Å². The normalized spacial score (nSPS) is 11.6. The Kier molecular flexibility index (Phi) is 5.82. The zero-order valence-electron chi connectivity index (χ0n) is 24.6. The van der Waals surface area contributed by atoms with E-state index in [9.17, 15) is 0 Å². The van der Waals surface area contributed by atoms with Crippen LogP contribution in [0, 0.1) is 0 Å². The van der Waals surface area contributed by atoms with Crippen molar-refractivity contribution in [3.63, 3.8) is 0 Å². The van der Waals surface area contributed by atoms with E-state index in [1.54, 1.807) is 0 Å². The number of aromatic nitrogens is 2. The quantitative estimate of drug-likeness (QED) is 0.199. The molecule has 2 aromatic heterocycles. The molecule has 0 bridgehead atoms.